The molecule has 2 aliphatic rings. The number of aliphatic imine (C=N–C) groups is 1. The molecule has 3 N–H and O–H groups in total. The Kier molecular flexibility index (Phi) is 7.29. The Bertz CT molecular complexity index is 1420. The number of aromatic nitrogens is 4. The molecule has 0 saturated heterocycles. The summed E-state index contributed by atoms with van der Waals surface area (Å²) in [6.07, 6.45) is 13.6. The van der Waals surface area contributed by atoms with E-state index in [0.29, 0.717) is 12.1 Å². The van der Waals surface area contributed by atoms with Crippen molar-refractivity contribution in [2.75, 3.05) is 0 Å². The van der Waals surface area contributed by atoms with Gasteiger partial charge in [0.15, 0.2) is 0 Å². The smallest absolute Gasteiger partial charge is 0.121 e. The van der Waals surface area contributed by atoms with Crippen molar-refractivity contribution in [1.82, 2.24) is 30.2 Å². The zero-order chi connectivity index (χ0) is 25.7. The van der Waals surface area contributed by atoms with Gasteiger partial charge in [-0.15, -0.1) is 0 Å². The van der Waals surface area contributed by atoms with Crippen molar-refractivity contribution in [1.29, 1.82) is 0 Å². The van der Waals surface area contributed by atoms with Crippen LogP contribution in [0.25, 0.3) is 11.0 Å². The molecule has 0 saturated carbocycles. The molecule has 0 bridgehead atoms. The number of allylic oxidation sites excluding steroid dienone is 1. The van der Waals surface area contributed by atoms with Gasteiger partial charge in [0, 0.05) is 50.2 Å². The van der Waals surface area contributed by atoms with Gasteiger partial charge >= 0.3 is 0 Å². The second kappa shape index (κ2) is 11.3. The van der Waals surface area contributed by atoms with Gasteiger partial charge in [0.05, 0.1) is 23.6 Å². The predicted molar refractivity (Wildman–Crippen MR) is 153 cm³/mol. The van der Waals surface area contributed by atoms with Crippen LogP contribution in [0.4, 0.5) is 0 Å². The van der Waals surface area contributed by atoms with Gasteiger partial charge in [0.25, 0.3) is 0 Å². The van der Waals surface area contributed by atoms with Crippen molar-refractivity contribution in [3.63, 3.8) is 0 Å². The SMILES string of the molecule is CCc1ncc(CNCc2ccc(CN(Cc3nc4ccccc4[nH]3)C3C=C4C=CC=NC4CC3)cc2)[nH]1. The summed E-state index contributed by atoms with van der Waals surface area (Å²) < 4.78 is 0. The predicted octanol–water partition coefficient (Wildman–Crippen LogP) is 5.24. The van der Waals surface area contributed by atoms with Crippen molar-refractivity contribution in [2.24, 2.45) is 4.99 Å². The highest BCUT2D eigenvalue weighted by atomic mass is 15.2. The lowest BCUT2D eigenvalue weighted by molar-refractivity contribution is 0.188. The first-order valence-electron chi connectivity index (χ1n) is 13.6. The van der Waals surface area contributed by atoms with Gasteiger partial charge in [-0.25, -0.2) is 9.97 Å². The maximum Gasteiger partial charge on any atom is 0.121 e. The molecule has 1 aliphatic carbocycles. The van der Waals surface area contributed by atoms with Crippen LogP contribution >= 0.6 is 0 Å². The highest BCUT2D eigenvalue weighted by molar-refractivity contribution is 5.75. The Morgan fingerprint density at radius 2 is 1.82 bits per heavy atom. The number of imidazole rings is 2. The van der Waals surface area contributed by atoms with E-state index in [0.717, 1.165) is 73.8 Å². The topological polar surface area (TPSA) is 85.0 Å². The lowest BCUT2D eigenvalue weighted by Gasteiger charge is -2.34. The van der Waals surface area contributed by atoms with Gasteiger partial charge in [0.1, 0.15) is 11.6 Å². The average molecular weight is 506 g/mol. The van der Waals surface area contributed by atoms with Gasteiger partial charge < -0.3 is 15.3 Å². The van der Waals surface area contributed by atoms with Crippen molar-refractivity contribution in [3.8, 4) is 0 Å². The molecule has 7 heteroatoms. The summed E-state index contributed by atoms with van der Waals surface area (Å²) in [6, 6.07) is 17.9. The zero-order valence-corrected chi connectivity index (χ0v) is 21.9. The van der Waals surface area contributed by atoms with E-state index in [1.165, 1.54) is 16.7 Å². The number of benzene rings is 2. The van der Waals surface area contributed by atoms with Crippen molar-refractivity contribution in [3.05, 3.63) is 107 Å². The largest absolute Gasteiger partial charge is 0.345 e. The van der Waals surface area contributed by atoms with Crippen LogP contribution in [0, 0.1) is 0 Å². The molecular weight excluding hydrogens is 470 g/mol. The van der Waals surface area contributed by atoms with Gasteiger partial charge in [-0.1, -0.05) is 55.5 Å². The molecule has 0 fully saturated rings. The highest BCUT2D eigenvalue weighted by Gasteiger charge is 2.26. The molecule has 0 radical (unpaired) electrons. The van der Waals surface area contributed by atoms with Crippen LogP contribution < -0.4 is 5.32 Å². The van der Waals surface area contributed by atoms with Crippen molar-refractivity contribution in [2.45, 2.75) is 64.4 Å². The number of H-pyrrole nitrogens is 2. The van der Waals surface area contributed by atoms with Crippen LogP contribution in [0.15, 0.2) is 83.5 Å². The molecule has 6 rings (SSSR count). The van der Waals surface area contributed by atoms with Gasteiger partial charge in [-0.05, 0) is 47.8 Å². The number of aryl methyl sites for hydroxylation is 1. The summed E-state index contributed by atoms with van der Waals surface area (Å²) in [6.45, 7) is 5.36. The lowest BCUT2D eigenvalue weighted by atomic mass is 9.89. The minimum absolute atomic E-state index is 0.311. The fraction of sp³-hybridized carbons (Fsp3) is 0.323. The second-order valence-electron chi connectivity index (χ2n) is 10.2. The molecule has 2 aromatic carbocycles. The summed E-state index contributed by atoms with van der Waals surface area (Å²) in [5.74, 6) is 2.05. The van der Waals surface area contributed by atoms with Gasteiger partial charge in [-0.2, -0.15) is 0 Å². The van der Waals surface area contributed by atoms with E-state index in [1.807, 2.05) is 18.5 Å². The van der Waals surface area contributed by atoms with Crippen LogP contribution in [0.5, 0.6) is 0 Å². The quantitative estimate of drug-likeness (QED) is 0.275. The van der Waals surface area contributed by atoms with Gasteiger partial charge in [0.2, 0.25) is 0 Å². The summed E-state index contributed by atoms with van der Waals surface area (Å²) in [7, 11) is 0. The Labute approximate surface area is 223 Å². The van der Waals surface area contributed by atoms with E-state index in [9.17, 15) is 0 Å². The zero-order valence-electron chi connectivity index (χ0n) is 21.9. The monoisotopic (exact) mass is 505 g/mol. The van der Waals surface area contributed by atoms with Gasteiger partial charge in [-0.3, -0.25) is 9.89 Å². The van der Waals surface area contributed by atoms with Crippen LogP contribution in [0.1, 0.15) is 48.2 Å². The third-order valence-corrected chi connectivity index (χ3v) is 7.48. The number of nitrogens with one attached hydrogen (secondary N) is 3. The number of hydrogen-bond acceptors (Lipinski definition) is 5. The fourth-order valence-electron chi connectivity index (χ4n) is 5.41. The molecule has 7 nitrogen and oxygen atoms in total. The standard InChI is InChI=1S/C31H35N7/c1-2-30-34-19-25(35-30)18-32-17-22-9-11-23(12-10-22)20-38(21-31-36-28-7-3-4-8-29(28)37-31)26-13-14-27-24(16-26)6-5-15-33-27/h3-12,15-16,19,26-27,32H,2,13-14,17-18,20-21H2,1H3,(H,34,35)(H,36,37). The number of nitrogens with zero attached hydrogens (tertiary/aromatic N) is 4. The molecule has 2 aromatic heterocycles. The molecule has 1 aliphatic heterocycles. The fourth-order valence-corrected chi connectivity index (χ4v) is 5.41. The van der Waals surface area contributed by atoms with Crippen LogP contribution in [0.2, 0.25) is 0 Å². The Morgan fingerprint density at radius 1 is 0.947 bits per heavy atom. The summed E-state index contributed by atoms with van der Waals surface area (Å²) >= 11 is 0. The van der Waals surface area contributed by atoms with Crippen molar-refractivity contribution < 1.29 is 0 Å². The first-order valence-corrected chi connectivity index (χ1v) is 13.6. The first-order chi connectivity index (χ1) is 18.7. The molecule has 0 spiro atoms. The Hall–Kier alpha value is -3.81. The number of hydrogen-bond donors (Lipinski definition) is 3. The number of fused-ring (bicyclic) bond motifs is 2. The molecular formula is C31H35N7. The highest BCUT2D eigenvalue weighted by Crippen LogP contribution is 2.29. The van der Waals surface area contributed by atoms with Crippen molar-refractivity contribution >= 4 is 17.2 Å². The minimum Gasteiger partial charge on any atom is -0.345 e. The van der Waals surface area contributed by atoms with E-state index in [2.05, 4.69) is 97.8 Å². The number of dihydropyridines is 1. The van der Waals surface area contributed by atoms with E-state index in [-0.39, 0.29) is 0 Å². The number of aromatic amines is 2. The molecule has 3 heterocycles. The minimum atomic E-state index is 0.311. The maximum absolute atomic E-state index is 4.88. The normalized spacial score (nSPS) is 18.7. The summed E-state index contributed by atoms with van der Waals surface area (Å²) in [4.78, 5) is 23.4. The third kappa shape index (κ3) is 5.69. The lowest BCUT2D eigenvalue weighted by Crippen LogP contribution is -2.37. The molecule has 2 atom stereocenters. The molecule has 0 amide bonds. The van der Waals surface area contributed by atoms with Crippen LogP contribution in [-0.2, 0) is 32.6 Å². The second-order valence-corrected chi connectivity index (χ2v) is 10.2. The summed E-state index contributed by atoms with van der Waals surface area (Å²) in [5, 5.41) is 3.52. The molecule has 194 valence electrons. The number of rotatable bonds is 10. The molecule has 2 unspecified atom stereocenters. The van der Waals surface area contributed by atoms with E-state index in [1.54, 1.807) is 0 Å². The number of para-hydroxylation sites is 2. The van der Waals surface area contributed by atoms with Crippen LogP contribution in [0.3, 0.4) is 0 Å². The van der Waals surface area contributed by atoms with E-state index >= 15 is 0 Å². The average Bonchev–Trinajstić information content (AvgIpc) is 3.60. The van der Waals surface area contributed by atoms with E-state index in [4.69, 9.17) is 4.98 Å². The molecule has 38 heavy (non-hydrogen) atoms. The Balaban J connectivity index is 1.15. The molecule has 4 aromatic rings. The van der Waals surface area contributed by atoms with E-state index < -0.39 is 0 Å². The summed E-state index contributed by atoms with van der Waals surface area (Å²) in [5.41, 5.74) is 7.16. The third-order valence-electron chi connectivity index (χ3n) is 7.48. The van der Waals surface area contributed by atoms with Crippen LogP contribution in [-0.4, -0.2) is 43.1 Å². The first kappa shape index (κ1) is 24.5. The Morgan fingerprint density at radius 3 is 2.66 bits per heavy atom. The maximum atomic E-state index is 4.88.